The number of hydrogen-bond donors (Lipinski definition) is 1. The molecule has 1 aliphatic heterocycles. The van der Waals surface area contributed by atoms with Gasteiger partial charge in [-0.15, -0.1) is 0 Å². The van der Waals surface area contributed by atoms with Gasteiger partial charge in [0.25, 0.3) is 11.8 Å². The van der Waals surface area contributed by atoms with E-state index in [0.717, 1.165) is 12.8 Å². The van der Waals surface area contributed by atoms with E-state index in [0.29, 0.717) is 55.1 Å². The van der Waals surface area contributed by atoms with Crippen molar-refractivity contribution in [1.82, 2.24) is 15.2 Å². The SMILES string of the molecule is CC(C)CCCNC(=O)c1ccc(N2CCN(C(=O)c3cc(F)ccc3C(F)(F)F)CC2)nc1. The molecule has 1 aliphatic rings. The summed E-state index contributed by atoms with van der Waals surface area (Å²) in [7, 11) is 0. The number of amides is 2. The van der Waals surface area contributed by atoms with Gasteiger partial charge in [0.15, 0.2) is 0 Å². The first-order valence-corrected chi connectivity index (χ1v) is 11.2. The zero-order chi connectivity index (χ0) is 24.9. The molecule has 1 fully saturated rings. The first-order valence-electron chi connectivity index (χ1n) is 11.2. The van der Waals surface area contributed by atoms with Crippen LogP contribution < -0.4 is 10.2 Å². The van der Waals surface area contributed by atoms with Crippen molar-refractivity contribution in [1.29, 1.82) is 0 Å². The Morgan fingerprint density at radius 1 is 1.09 bits per heavy atom. The Balaban J connectivity index is 1.58. The lowest BCUT2D eigenvalue weighted by Gasteiger charge is -2.35. The molecule has 2 aromatic rings. The van der Waals surface area contributed by atoms with Crippen molar-refractivity contribution in [3.05, 3.63) is 59.0 Å². The summed E-state index contributed by atoms with van der Waals surface area (Å²) in [4.78, 5) is 32.4. The van der Waals surface area contributed by atoms with Crippen molar-refractivity contribution in [3.8, 4) is 0 Å². The van der Waals surface area contributed by atoms with Gasteiger partial charge >= 0.3 is 6.18 Å². The van der Waals surface area contributed by atoms with Gasteiger partial charge in [-0.2, -0.15) is 13.2 Å². The molecule has 0 atom stereocenters. The van der Waals surface area contributed by atoms with Crippen molar-refractivity contribution in [2.75, 3.05) is 37.6 Å². The van der Waals surface area contributed by atoms with Gasteiger partial charge in [-0.1, -0.05) is 13.8 Å². The molecule has 1 aromatic heterocycles. The van der Waals surface area contributed by atoms with Crippen LogP contribution in [0.15, 0.2) is 36.5 Å². The third kappa shape index (κ3) is 6.45. The monoisotopic (exact) mass is 480 g/mol. The van der Waals surface area contributed by atoms with Crippen molar-refractivity contribution < 1.29 is 27.2 Å². The summed E-state index contributed by atoms with van der Waals surface area (Å²) in [5.74, 6) is -0.778. The predicted octanol–water partition coefficient (Wildman–Crippen LogP) is 4.37. The lowest BCUT2D eigenvalue weighted by Crippen LogP contribution is -2.49. The van der Waals surface area contributed by atoms with E-state index < -0.39 is 29.0 Å². The van der Waals surface area contributed by atoms with Gasteiger partial charge in [-0.25, -0.2) is 9.37 Å². The minimum absolute atomic E-state index is 0.159. The van der Waals surface area contributed by atoms with Gasteiger partial charge in [0, 0.05) is 38.9 Å². The number of anilines is 1. The molecule has 1 saturated heterocycles. The molecule has 0 radical (unpaired) electrons. The van der Waals surface area contributed by atoms with E-state index in [4.69, 9.17) is 0 Å². The summed E-state index contributed by atoms with van der Waals surface area (Å²) in [5, 5.41) is 2.86. The Hall–Kier alpha value is -3.17. The number of piperazine rings is 1. The number of hydrogen-bond acceptors (Lipinski definition) is 4. The maximum absolute atomic E-state index is 13.6. The summed E-state index contributed by atoms with van der Waals surface area (Å²) in [6.45, 7) is 5.85. The molecular weight excluding hydrogens is 452 g/mol. The molecular formula is C24H28F4N4O2. The fourth-order valence-electron chi connectivity index (χ4n) is 3.77. The third-order valence-electron chi connectivity index (χ3n) is 5.66. The Labute approximate surface area is 196 Å². The summed E-state index contributed by atoms with van der Waals surface area (Å²) in [6.07, 6.45) is -1.35. The molecule has 1 N–H and O–H groups in total. The second kappa shape index (κ2) is 10.8. The Morgan fingerprint density at radius 2 is 1.79 bits per heavy atom. The van der Waals surface area contributed by atoms with Crippen LogP contribution in [0.5, 0.6) is 0 Å². The van der Waals surface area contributed by atoms with Crippen LogP contribution in [0.1, 0.15) is 53.0 Å². The van der Waals surface area contributed by atoms with Gasteiger partial charge < -0.3 is 15.1 Å². The van der Waals surface area contributed by atoms with Crippen LogP contribution in [0.25, 0.3) is 0 Å². The van der Waals surface area contributed by atoms with E-state index in [1.54, 1.807) is 12.1 Å². The number of benzene rings is 1. The predicted molar refractivity (Wildman–Crippen MR) is 120 cm³/mol. The van der Waals surface area contributed by atoms with Crippen molar-refractivity contribution in [2.45, 2.75) is 32.9 Å². The number of nitrogens with zero attached hydrogens (tertiary/aromatic N) is 3. The molecule has 0 spiro atoms. The summed E-state index contributed by atoms with van der Waals surface area (Å²) in [5.41, 5.74) is -1.41. The minimum atomic E-state index is -4.76. The number of aromatic nitrogens is 1. The molecule has 10 heteroatoms. The number of nitrogens with one attached hydrogen (secondary N) is 1. The molecule has 2 heterocycles. The Kier molecular flexibility index (Phi) is 8.11. The second-order valence-electron chi connectivity index (χ2n) is 8.66. The summed E-state index contributed by atoms with van der Waals surface area (Å²) >= 11 is 0. The zero-order valence-corrected chi connectivity index (χ0v) is 19.2. The lowest BCUT2D eigenvalue weighted by molar-refractivity contribution is -0.138. The highest BCUT2D eigenvalue weighted by Gasteiger charge is 2.37. The van der Waals surface area contributed by atoms with Gasteiger partial charge in [-0.05, 0) is 49.1 Å². The molecule has 2 amide bonds. The number of alkyl halides is 3. The van der Waals surface area contributed by atoms with Crippen molar-refractivity contribution in [3.63, 3.8) is 0 Å². The smallest absolute Gasteiger partial charge is 0.353 e. The number of pyridine rings is 1. The van der Waals surface area contributed by atoms with Crippen LogP contribution in [0.4, 0.5) is 23.4 Å². The molecule has 184 valence electrons. The first-order chi connectivity index (χ1) is 16.1. The summed E-state index contributed by atoms with van der Waals surface area (Å²) in [6, 6.07) is 5.28. The van der Waals surface area contributed by atoms with Crippen LogP contribution in [-0.2, 0) is 6.18 Å². The van der Waals surface area contributed by atoms with E-state index in [-0.39, 0.29) is 19.0 Å². The Bertz CT molecular complexity index is 1000. The van der Waals surface area contributed by atoms with Crippen LogP contribution in [0.2, 0.25) is 0 Å². The number of carbonyl (C=O) groups excluding carboxylic acids is 2. The van der Waals surface area contributed by atoms with Crippen LogP contribution >= 0.6 is 0 Å². The first kappa shape index (κ1) is 25.5. The lowest BCUT2D eigenvalue weighted by atomic mass is 10.0. The number of halogens is 4. The average Bonchev–Trinajstić information content (AvgIpc) is 2.80. The minimum Gasteiger partial charge on any atom is -0.353 e. The van der Waals surface area contributed by atoms with Crippen molar-refractivity contribution in [2.24, 2.45) is 5.92 Å². The third-order valence-corrected chi connectivity index (χ3v) is 5.66. The zero-order valence-electron chi connectivity index (χ0n) is 19.2. The fraction of sp³-hybridized carbons (Fsp3) is 0.458. The normalized spacial score (nSPS) is 14.4. The highest BCUT2D eigenvalue weighted by atomic mass is 19.4. The number of rotatable bonds is 7. The quantitative estimate of drug-likeness (QED) is 0.472. The molecule has 0 saturated carbocycles. The van der Waals surface area contributed by atoms with Crippen LogP contribution in [0.3, 0.4) is 0 Å². The average molecular weight is 481 g/mol. The molecule has 1 aromatic carbocycles. The fourth-order valence-corrected chi connectivity index (χ4v) is 3.77. The van der Waals surface area contributed by atoms with Crippen molar-refractivity contribution >= 4 is 17.6 Å². The van der Waals surface area contributed by atoms with Gasteiger partial charge in [0.05, 0.1) is 16.7 Å². The highest BCUT2D eigenvalue weighted by Crippen LogP contribution is 2.33. The molecule has 6 nitrogen and oxygen atoms in total. The number of carbonyl (C=O) groups is 2. The van der Waals surface area contributed by atoms with E-state index >= 15 is 0 Å². The molecule has 0 unspecified atom stereocenters. The van der Waals surface area contributed by atoms with E-state index in [1.807, 2.05) is 4.90 Å². The molecule has 3 rings (SSSR count). The Morgan fingerprint density at radius 3 is 2.38 bits per heavy atom. The maximum atomic E-state index is 13.6. The topological polar surface area (TPSA) is 65.5 Å². The van der Waals surface area contributed by atoms with Crippen LogP contribution in [-0.4, -0.2) is 54.4 Å². The van der Waals surface area contributed by atoms with E-state index in [1.165, 1.54) is 11.1 Å². The van der Waals surface area contributed by atoms with Gasteiger partial charge in [0.1, 0.15) is 11.6 Å². The highest BCUT2D eigenvalue weighted by molar-refractivity contribution is 5.96. The largest absolute Gasteiger partial charge is 0.417 e. The molecule has 0 bridgehead atoms. The summed E-state index contributed by atoms with van der Waals surface area (Å²) < 4.78 is 53.4. The maximum Gasteiger partial charge on any atom is 0.417 e. The van der Waals surface area contributed by atoms with Gasteiger partial charge in [0.2, 0.25) is 0 Å². The molecule has 0 aliphatic carbocycles. The van der Waals surface area contributed by atoms with E-state index in [2.05, 4.69) is 24.1 Å². The standard InChI is InChI=1S/C24H28F4N4O2/c1-16(2)4-3-9-29-22(33)17-5-8-21(30-15-17)31-10-12-32(13-11-31)23(34)19-14-18(25)6-7-20(19)24(26,27)28/h5-8,14-16H,3-4,9-13H2,1-2H3,(H,29,33). The van der Waals surface area contributed by atoms with Crippen LogP contribution in [0, 0.1) is 11.7 Å². The van der Waals surface area contributed by atoms with Gasteiger partial charge in [-0.3, -0.25) is 9.59 Å². The second-order valence-corrected chi connectivity index (χ2v) is 8.66. The van der Waals surface area contributed by atoms with E-state index in [9.17, 15) is 27.2 Å². The molecule has 34 heavy (non-hydrogen) atoms.